The van der Waals surface area contributed by atoms with Crippen LogP contribution in [-0.4, -0.2) is 39.1 Å². The summed E-state index contributed by atoms with van der Waals surface area (Å²) in [4.78, 5) is 25.8. The summed E-state index contributed by atoms with van der Waals surface area (Å²) in [7, 11) is 0. The van der Waals surface area contributed by atoms with E-state index in [4.69, 9.17) is 11.6 Å². The second-order valence-electron chi connectivity index (χ2n) is 5.86. The van der Waals surface area contributed by atoms with E-state index in [2.05, 4.69) is 10.4 Å². The molecule has 1 atom stereocenters. The van der Waals surface area contributed by atoms with E-state index in [9.17, 15) is 9.59 Å². The minimum atomic E-state index is -0.406. The van der Waals surface area contributed by atoms with Gasteiger partial charge in [0.25, 0.3) is 0 Å². The van der Waals surface area contributed by atoms with E-state index >= 15 is 0 Å². The minimum Gasteiger partial charge on any atom is -0.331 e. The number of likely N-dealkylation sites (tertiary alicyclic amines) is 1. The summed E-state index contributed by atoms with van der Waals surface area (Å²) >= 11 is 6.00. The number of hydrogen-bond acceptors (Lipinski definition) is 3. The largest absolute Gasteiger partial charge is 0.331 e. The first kappa shape index (κ1) is 16.5. The van der Waals surface area contributed by atoms with E-state index in [0.717, 1.165) is 12.0 Å². The molecule has 2 heterocycles. The Morgan fingerprint density at radius 1 is 1.38 bits per heavy atom. The zero-order valence-electron chi connectivity index (χ0n) is 13.4. The van der Waals surface area contributed by atoms with Crippen LogP contribution in [0.2, 0.25) is 5.02 Å². The molecular formula is C17H19ClN4O2. The lowest BCUT2D eigenvalue weighted by Crippen LogP contribution is -2.42. The van der Waals surface area contributed by atoms with E-state index in [1.807, 2.05) is 24.3 Å². The Hall–Kier alpha value is -2.34. The summed E-state index contributed by atoms with van der Waals surface area (Å²) < 4.78 is 1.70. The van der Waals surface area contributed by atoms with Crippen LogP contribution in [0.5, 0.6) is 0 Å². The maximum atomic E-state index is 12.5. The average molecular weight is 347 g/mol. The molecule has 1 aliphatic rings. The highest BCUT2D eigenvalue weighted by atomic mass is 35.5. The molecule has 1 aliphatic heterocycles. The summed E-state index contributed by atoms with van der Waals surface area (Å²) in [5, 5.41) is 7.80. The maximum Gasteiger partial charge on any atom is 0.248 e. The van der Waals surface area contributed by atoms with Gasteiger partial charge < -0.3 is 10.2 Å². The molecule has 0 unspecified atom stereocenters. The van der Waals surface area contributed by atoms with Gasteiger partial charge in [0.2, 0.25) is 11.8 Å². The molecule has 126 valence electrons. The molecule has 1 aromatic carbocycles. The van der Waals surface area contributed by atoms with Crippen LogP contribution in [-0.2, 0) is 16.1 Å². The number of amides is 2. The molecule has 24 heavy (non-hydrogen) atoms. The highest BCUT2D eigenvalue weighted by Gasteiger charge is 2.32. The summed E-state index contributed by atoms with van der Waals surface area (Å²) in [5.74, 6) is 0.367. The zero-order valence-corrected chi connectivity index (χ0v) is 14.2. The Kier molecular flexibility index (Phi) is 4.85. The molecule has 3 rings (SSSR count). The molecule has 0 spiro atoms. The molecule has 1 N–H and O–H groups in total. The number of aromatic nitrogens is 2. The van der Waals surface area contributed by atoms with Crippen LogP contribution >= 0.6 is 11.6 Å². The van der Waals surface area contributed by atoms with Crippen molar-refractivity contribution in [1.29, 1.82) is 0 Å². The fraction of sp³-hybridized carbons (Fsp3) is 0.353. The topological polar surface area (TPSA) is 67.2 Å². The average Bonchev–Trinajstić information content (AvgIpc) is 3.17. The maximum absolute atomic E-state index is 12.5. The van der Waals surface area contributed by atoms with Crippen molar-refractivity contribution in [1.82, 2.24) is 14.7 Å². The molecule has 2 aromatic rings. The van der Waals surface area contributed by atoms with Gasteiger partial charge in [-0.25, -0.2) is 4.68 Å². The highest BCUT2D eigenvalue weighted by Crippen LogP contribution is 2.20. The fourth-order valence-electron chi connectivity index (χ4n) is 3.00. The van der Waals surface area contributed by atoms with Crippen molar-refractivity contribution in [2.75, 3.05) is 11.9 Å². The van der Waals surface area contributed by atoms with Crippen LogP contribution in [0.4, 0.5) is 5.82 Å². The van der Waals surface area contributed by atoms with Crippen LogP contribution in [0, 0.1) is 0 Å². The number of nitrogens with one attached hydrogen (secondary N) is 1. The molecular weight excluding hydrogens is 328 g/mol. The van der Waals surface area contributed by atoms with E-state index in [1.54, 1.807) is 21.8 Å². The lowest BCUT2D eigenvalue weighted by molar-refractivity contribution is -0.134. The lowest BCUT2D eigenvalue weighted by Gasteiger charge is -2.22. The SMILES string of the molecule is CC(=O)N1CCC[C@H]1C(=O)Nc1ccnn1Cc1cccc(Cl)c1. The highest BCUT2D eigenvalue weighted by molar-refractivity contribution is 6.30. The van der Waals surface area contributed by atoms with Crippen LogP contribution in [0.25, 0.3) is 0 Å². The smallest absolute Gasteiger partial charge is 0.248 e. The van der Waals surface area contributed by atoms with Gasteiger partial charge in [0.15, 0.2) is 0 Å². The molecule has 1 saturated heterocycles. The summed E-state index contributed by atoms with van der Waals surface area (Å²) in [6, 6.07) is 8.85. The number of benzene rings is 1. The summed E-state index contributed by atoms with van der Waals surface area (Å²) in [6.07, 6.45) is 3.17. The number of anilines is 1. The molecule has 0 saturated carbocycles. The van der Waals surface area contributed by atoms with Crippen molar-refractivity contribution >= 4 is 29.2 Å². The van der Waals surface area contributed by atoms with Gasteiger partial charge in [0.05, 0.1) is 12.7 Å². The van der Waals surface area contributed by atoms with E-state index in [-0.39, 0.29) is 11.8 Å². The van der Waals surface area contributed by atoms with Crippen LogP contribution in [0.15, 0.2) is 36.5 Å². The summed E-state index contributed by atoms with van der Waals surface area (Å²) in [6.45, 7) is 2.63. The molecule has 0 radical (unpaired) electrons. The van der Waals surface area contributed by atoms with Crippen molar-refractivity contribution < 1.29 is 9.59 Å². The number of halogens is 1. The molecule has 7 heteroatoms. The monoisotopic (exact) mass is 346 g/mol. The minimum absolute atomic E-state index is 0.0694. The van der Waals surface area contributed by atoms with Gasteiger partial charge >= 0.3 is 0 Å². The first-order chi connectivity index (χ1) is 11.5. The van der Waals surface area contributed by atoms with Crippen molar-refractivity contribution in [3.05, 3.63) is 47.1 Å². The number of hydrogen-bond donors (Lipinski definition) is 1. The number of carbonyl (C=O) groups excluding carboxylic acids is 2. The van der Waals surface area contributed by atoms with Crippen LogP contribution in [0.1, 0.15) is 25.3 Å². The number of carbonyl (C=O) groups is 2. The zero-order chi connectivity index (χ0) is 17.1. The normalized spacial score (nSPS) is 17.1. The lowest BCUT2D eigenvalue weighted by atomic mass is 10.2. The Balaban J connectivity index is 1.71. The molecule has 0 bridgehead atoms. The Morgan fingerprint density at radius 3 is 2.96 bits per heavy atom. The Morgan fingerprint density at radius 2 is 2.21 bits per heavy atom. The van der Waals surface area contributed by atoms with E-state index in [1.165, 1.54) is 6.92 Å². The van der Waals surface area contributed by atoms with Crippen molar-refractivity contribution in [3.63, 3.8) is 0 Å². The van der Waals surface area contributed by atoms with Gasteiger partial charge in [-0.15, -0.1) is 0 Å². The van der Waals surface area contributed by atoms with Crippen molar-refractivity contribution in [2.24, 2.45) is 0 Å². The number of nitrogens with zero attached hydrogens (tertiary/aromatic N) is 3. The first-order valence-electron chi connectivity index (χ1n) is 7.89. The summed E-state index contributed by atoms with van der Waals surface area (Å²) in [5.41, 5.74) is 0.993. The van der Waals surface area contributed by atoms with Gasteiger partial charge in [-0.2, -0.15) is 5.10 Å². The molecule has 0 aliphatic carbocycles. The van der Waals surface area contributed by atoms with Gasteiger partial charge in [0.1, 0.15) is 11.9 Å². The third-order valence-electron chi connectivity index (χ3n) is 4.15. The van der Waals surface area contributed by atoms with E-state index < -0.39 is 6.04 Å². The molecule has 1 fully saturated rings. The van der Waals surface area contributed by atoms with Crippen molar-refractivity contribution in [3.8, 4) is 0 Å². The third kappa shape index (κ3) is 3.59. The predicted octanol–water partition coefficient (Wildman–Crippen LogP) is 2.53. The molecule has 2 amide bonds. The second kappa shape index (κ2) is 7.05. The number of rotatable bonds is 4. The predicted molar refractivity (Wildman–Crippen MR) is 91.8 cm³/mol. The van der Waals surface area contributed by atoms with Gasteiger partial charge in [-0.1, -0.05) is 23.7 Å². The van der Waals surface area contributed by atoms with Gasteiger partial charge in [-0.05, 0) is 30.5 Å². The van der Waals surface area contributed by atoms with Crippen LogP contribution in [0.3, 0.4) is 0 Å². The van der Waals surface area contributed by atoms with Gasteiger partial charge in [0, 0.05) is 24.6 Å². The van der Waals surface area contributed by atoms with Crippen molar-refractivity contribution in [2.45, 2.75) is 32.4 Å². The van der Waals surface area contributed by atoms with E-state index in [0.29, 0.717) is 30.4 Å². The third-order valence-corrected chi connectivity index (χ3v) is 4.38. The van der Waals surface area contributed by atoms with Crippen LogP contribution < -0.4 is 5.32 Å². The fourth-order valence-corrected chi connectivity index (χ4v) is 3.21. The first-order valence-corrected chi connectivity index (χ1v) is 8.27. The molecule has 6 nitrogen and oxygen atoms in total. The molecule has 1 aromatic heterocycles. The second-order valence-corrected chi connectivity index (χ2v) is 6.30. The quantitative estimate of drug-likeness (QED) is 0.925. The standard InChI is InChI=1S/C17H19ClN4O2/c1-12(23)21-9-3-6-15(21)17(24)20-16-7-8-19-22(16)11-13-4-2-5-14(18)10-13/h2,4-5,7-8,10,15H,3,6,9,11H2,1H3,(H,20,24)/t15-/m0/s1. The van der Waals surface area contributed by atoms with Gasteiger partial charge in [-0.3, -0.25) is 9.59 Å². The Labute approximate surface area is 145 Å². The Bertz CT molecular complexity index is 759.